The lowest BCUT2D eigenvalue weighted by Gasteiger charge is -2.27. The van der Waals surface area contributed by atoms with Crippen molar-refractivity contribution in [2.75, 3.05) is 45.4 Å². The minimum atomic E-state index is 0.675. The predicted molar refractivity (Wildman–Crippen MR) is 94.6 cm³/mol. The van der Waals surface area contributed by atoms with Gasteiger partial charge in [0.15, 0.2) is 11.5 Å². The van der Waals surface area contributed by atoms with Gasteiger partial charge in [-0.05, 0) is 24.3 Å². The minimum absolute atomic E-state index is 0.675. The molecule has 0 unspecified atom stereocenters. The first-order valence-corrected chi connectivity index (χ1v) is 8.19. The van der Waals surface area contributed by atoms with Gasteiger partial charge in [0.1, 0.15) is 5.82 Å². The summed E-state index contributed by atoms with van der Waals surface area (Å²) in [6.45, 7) is 3.18. The molecule has 0 saturated carbocycles. The summed E-state index contributed by atoms with van der Waals surface area (Å²) in [5, 5.41) is 0. The number of methoxy groups -OCH3 is 2. The number of benzene rings is 1. The van der Waals surface area contributed by atoms with Gasteiger partial charge in [0.2, 0.25) is 5.78 Å². The van der Waals surface area contributed by atoms with E-state index in [9.17, 15) is 0 Å². The van der Waals surface area contributed by atoms with E-state index in [0.29, 0.717) is 17.3 Å². The number of aromatic nitrogens is 3. The van der Waals surface area contributed by atoms with E-state index in [1.807, 2.05) is 41.1 Å². The summed E-state index contributed by atoms with van der Waals surface area (Å²) in [6, 6.07) is 7.78. The van der Waals surface area contributed by atoms with Crippen molar-refractivity contribution in [1.82, 2.24) is 14.4 Å². The average molecular weight is 340 g/mol. The lowest BCUT2D eigenvalue weighted by atomic mass is 10.1. The van der Waals surface area contributed by atoms with Crippen molar-refractivity contribution in [1.29, 1.82) is 0 Å². The average Bonchev–Trinajstić information content (AvgIpc) is 3.11. The molecule has 1 saturated heterocycles. The molecule has 1 aliphatic rings. The van der Waals surface area contributed by atoms with Gasteiger partial charge in [-0.25, -0.2) is 4.98 Å². The number of morpholine rings is 1. The van der Waals surface area contributed by atoms with E-state index in [0.717, 1.165) is 43.4 Å². The molecule has 1 aliphatic heterocycles. The van der Waals surface area contributed by atoms with Gasteiger partial charge >= 0.3 is 0 Å². The lowest BCUT2D eigenvalue weighted by molar-refractivity contribution is 0.122. The van der Waals surface area contributed by atoms with Crippen LogP contribution in [0.15, 0.2) is 36.7 Å². The van der Waals surface area contributed by atoms with Crippen LogP contribution < -0.4 is 14.4 Å². The van der Waals surface area contributed by atoms with Gasteiger partial charge in [-0.15, -0.1) is 0 Å². The van der Waals surface area contributed by atoms with Gasteiger partial charge in [0, 0.05) is 31.0 Å². The first kappa shape index (κ1) is 15.7. The van der Waals surface area contributed by atoms with Gasteiger partial charge in [-0.2, -0.15) is 4.98 Å². The Kier molecular flexibility index (Phi) is 4.15. The molecule has 2 aromatic heterocycles. The van der Waals surface area contributed by atoms with Gasteiger partial charge in [-0.3, -0.25) is 4.40 Å². The largest absolute Gasteiger partial charge is 0.493 e. The Bertz CT molecular complexity index is 887. The molecule has 0 amide bonds. The zero-order valence-electron chi connectivity index (χ0n) is 14.3. The second-order valence-corrected chi connectivity index (χ2v) is 5.79. The molecule has 0 radical (unpaired) electrons. The molecule has 0 atom stereocenters. The van der Waals surface area contributed by atoms with E-state index in [2.05, 4.69) is 14.9 Å². The van der Waals surface area contributed by atoms with Gasteiger partial charge in [-0.1, -0.05) is 0 Å². The van der Waals surface area contributed by atoms with Crippen LogP contribution in [0, 0.1) is 0 Å². The van der Waals surface area contributed by atoms with E-state index < -0.39 is 0 Å². The zero-order valence-corrected chi connectivity index (χ0v) is 14.3. The van der Waals surface area contributed by atoms with Crippen molar-refractivity contribution in [2.24, 2.45) is 0 Å². The highest BCUT2D eigenvalue weighted by atomic mass is 16.5. The topological polar surface area (TPSA) is 61.1 Å². The van der Waals surface area contributed by atoms with Crippen molar-refractivity contribution in [3.05, 3.63) is 36.7 Å². The fourth-order valence-corrected chi connectivity index (χ4v) is 2.97. The third-order valence-corrected chi connectivity index (χ3v) is 4.33. The molecule has 3 heterocycles. The minimum Gasteiger partial charge on any atom is -0.493 e. The van der Waals surface area contributed by atoms with E-state index in [-0.39, 0.29) is 0 Å². The van der Waals surface area contributed by atoms with Crippen molar-refractivity contribution in [3.63, 3.8) is 0 Å². The highest BCUT2D eigenvalue weighted by molar-refractivity contribution is 5.66. The maximum Gasteiger partial charge on any atom is 0.236 e. The van der Waals surface area contributed by atoms with Crippen LogP contribution in [0.2, 0.25) is 0 Å². The molecule has 3 aromatic rings. The summed E-state index contributed by atoms with van der Waals surface area (Å²) in [5.74, 6) is 2.98. The fourth-order valence-electron chi connectivity index (χ4n) is 2.97. The smallest absolute Gasteiger partial charge is 0.236 e. The van der Waals surface area contributed by atoms with Gasteiger partial charge in [0.25, 0.3) is 0 Å². The first-order chi connectivity index (χ1) is 12.3. The number of ether oxygens (including phenoxy) is 3. The maximum atomic E-state index is 5.40. The molecule has 7 heteroatoms. The Morgan fingerprint density at radius 2 is 1.80 bits per heavy atom. The van der Waals surface area contributed by atoms with Crippen molar-refractivity contribution < 1.29 is 14.2 Å². The SMILES string of the molecule is COc1ccc(-c2cn3ccc(N4CCOCC4)nc3n2)cc1OC. The van der Waals surface area contributed by atoms with Crippen molar-refractivity contribution in [3.8, 4) is 22.8 Å². The second-order valence-electron chi connectivity index (χ2n) is 5.79. The standard InChI is InChI=1S/C18H20N4O3/c1-23-15-4-3-13(11-16(15)24-2)14-12-22-6-5-17(20-18(22)19-14)21-7-9-25-10-8-21/h3-6,11-12H,7-10H2,1-2H3. The summed E-state index contributed by atoms with van der Waals surface area (Å²) < 4.78 is 18.0. The Morgan fingerprint density at radius 3 is 2.56 bits per heavy atom. The van der Waals surface area contributed by atoms with E-state index >= 15 is 0 Å². The number of anilines is 1. The molecule has 0 N–H and O–H groups in total. The highest BCUT2D eigenvalue weighted by Crippen LogP contribution is 2.32. The quantitative estimate of drug-likeness (QED) is 0.726. The third-order valence-electron chi connectivity index (χ3n) is 4.33. The van der Waals surface area contributed by atoms with Crippen molar-refractivity contribution >= 4 is 11.6 Å². The van der Waals surface area contributed by atoms with E-state index in [1.165, 1.54) is 0 Å². The molecule has 0 aliphatic carbocycles. The number of imidazole rings is 1. The van der Waals surface area contributed by atoms with Gasteiger partial charge < -0.3 is 19.1 Å². The molecule has 1 fully saturated rings. The van der Waals surface area contributed by atoms with Crippen LogP contribution in [0.4, 0.5) is 5.82 Å². The molecule has 7 nitrogen and oxygen atoms in total. The molecule has 0 spiro atoms. The fraction of sp³-hybridized carbons (Fsp3) is 0.333. The molecule has 130 valence electrons. The van der Waals surface area contributed by atoms with Crippen LogP contribution in [0.1, 0.15) is 0 Å². The molecular formula is C18H20N4O3. The van der Waals surface area contributed by atoms with E-state index in [4.69, 9.17) is 14.2 Å². The molecule has 25 heavy (non-hydrogen) atoms. The van der Waals surface area contributed by atoms with Crippen LogP contribution in [0.5, 0.6) is 11.5 Å². The summed E-state index contributed by atoms with van der Waals surface area (Å²) in [7, 11) is 3.25. The molecule has 4 rings (SSSR count). The lowest BCUT2D eigenvalue weighted by Crippen LogP contribution is -2.36. The van der Waals surface area contributed by atoms with Crippen LogP contribution in [-0.2, 0) is 4.74 Å². The number of rotatable bonds is 4. The monoisotopic (exact) mass is 340 g/mol. The summed E-state index contributed by atoms with van der Waals surface area (Å²) in [5.41, 5.74) is 1.80. The summed E-state index contributed by atoms with van der Waals surface area (Å²) >= 11 is 0. The van der Waals surface area contributed by atoms with Gasteiger partial charge in [0.05, 0.1) is 33.1 Å². The Hall–Kier alpha value is -2.80. The normalized spacial score (nSPS) is 14.7. The highest BCUT2D eigenvalue weighted by Gasteiger charge is 2.14. The Morgan fingerprint density at radius 1 is 1.00 bits per heavy atom. The third kappa shape index (κ3) is 2.98. The maximum absolute atomic E-state index is 5.40. The number of hydrogen-bond acceptors (Lipinski definition) is 6. The number of hydrogen-bond donors (Lipinski definition) is 0. The van der Waals surface area contributed by atoms with Crippen LogP contribution in [-0.4, -0.2) is 54.9 Å². The van der Waals surface area contributed by atoms with Crippen LogP contribution in [0.25, 0.3) is 17.0 Å². The first-order valence-electron chi connectivity index (χ1n) is 8.19. The van der Waals surface area contributed by atoms with Crippen LogP contribution in [0.3, 0.4) is 0 Å². The Labute approximate surface area is 145 Å². The van der Waals surface area contributed by atoms with Crippen molar-refractivity contribution in [2.45, 2.75) is 0 Å². The second kappa shape index (κ2) is 6.60. The predicted octanol–water partition coefficient (Wildman–Crippen LogP) is 2.25. The zero-order chi connectivity index (χ0) is 17.2. The number of nitrogens with zero attached hydrogens (tertiary/aromatic N) is 4. The number of fused-ring (bicyclic) bond motifs is 1. The van der Waals surface area contributed by atoms with Crippen LogP contribution >= 0.6 is 0 Å². The molecule has 0 bridgehead atoms. The summed E-state index contributed by atoms with van der Waals surface area (Å²) in [6.07, 6.45) is 3.96. The summed E-state index contributed by atoms with van der Waals surface area (Å²) in [4.78, 5) is 11.6. The molecular weight excluding hydrogens is 320 g/mol. The molecule has 1 aromatic carbocycles. The Balaban J connectivity index is 1.69. The van der Waals surface area contributed by atoms with E-state index in [1.54, 1.807) is 14.2 Å².